The summed E-state index contributed by atoms with van der Waals surface area (Å²) in [5.41, 5.74) is 24.2. The zero-order valence-electron chi connectivity index (χ0n) is 34.8. The Morgan fingerprint density at radius 1 is 0.483 bits per heavy atom. The van der Waals surface area contributed by atoms with Gasteiger partial charge in [-0.2, -0.15) is 0 Å². The number of benzene rings is 8. The molecule has 5 N–H and O–H groups in total. The second-order valence-corrected chi connectivity index (χ2v) is 15.0. The van der Waals surface area contributed by atoms with E-state index in [4.69, 9.17) is 11.1 Å². The molecule has 298 valence electrons. The number of nitrogens with two attached hydrogens (primary N) is 2. The van der Waals surface area contributed by atoms with Gasteiger partial charge in [-0.05, 0) is 76.2 Å². The van der Waals surface area contributed by atoms with Crippen LogP contribution in [0.4, 0.5) is 0 Å². The molecule has 0 aliphatic heterocycles. The van der Waals surface area contributed by atoms with Gasteiger partial charge >= 0.3 is 0 Å². The summed E-state index contributed by atoms with van der Waals surface area (Å²) in [6.45, 7) is 6.21. The molecule has 0 spiro atoms. The fraction of sp³-hybridized carbons (Fsp3) is 0.0893. The first-order chi connectivity index (χ1) is 29.5. The lowest BCUT2D eigenvalue weighted by Crippen LogP contribution is -2.03. The van der Waals surface area contributed by atoms with Crippen molar-refractivity contribution in [1.82, 2.24) is 0 Å². The molecule has 4 heteroatoms. The lowest BCUT2D eigenvalue weighted by Gasteiger charge is -2.16. The Balaban J connectivity index is 0.000000281. The summed E-state index contributed by atoms with van der Waals surface area (Å²) in [4.78, 5) is 0. The Hall–Kier alpha value is -6.85. The van der Waals surface area contributed by atoms with Crippen molar-refractivity contribution in [3.8, 4) is 22.3 Å². The highest BCUT2D eigenvalue weighted by Crippen LogP contribution is 2.42. The summed E-state index contributed by atoms with van der Waals surface area (Å²) in [7, 11) is 1.50. The number of nitrogens with one attached hydrogen (secondary N) is 1. The van der Waals surface area contributed by atoms with Crippen molar-refractivity contribution in [2.75, 3.05) is 7.05 Å². The number of aryl methyl sites for hydroxylation is 1. The molecule has 0 atom stereocenters. The number of hydrogen-bond acceptors (Lipinski definition) is 4. The third kappa shape index (κ3) is 10.0. The van der Waals surface area contributed by atoms with Gasteiger partial charge in [0.2, 0.25) is 0 Å². The number of fused-ring (bicyclic) bond motifs is 3. The Bertz CT molecular complexity index is 2660. The fourth-order valence-corrected chi connectivity index (χ4v) is 8.61. The monoisotopic (exact) mass is 799 g/mol. The Labute approximate surface area is 359 Å². The molecule has 1 heterocycles. The first-order valence-corrected chi connectivity index (χ1v) is 21.3. The van der Waals surface area contributed by atoms with Gasteiger partial charge in [0.1, 0.15) is 0 Å². The van der Waals surface area contributed by atoms with E-state index in [-0.39, 0.29) is 5.92 Å². The van der Waals surface area contributed by atoms with Gasteiger partial charge < -0.3 is 11.5 Å². The third-order valence-electron chi connectivity index (χ3n) is 10.3. The summed E-state index contributed by atoms with van der Waals surface area (Å²) in [5.74, 6) is 0.0912. The second-order valence-electron chi connectivity index (χ2n) is 13.9. The van der Waals surface area contributed by atoms with Crippen LogP contribution in [0.5, 0.6) is 0 Å². The van der Waals surface area contributed by atoms with Crippen LogP contribution in [0, 0.1) is 12.3 Å². The molecule has 0 aliphatic carbocycles. The summed E-state index contributed by atoms with van der Waals surface area (Å²) < 4.78 is 2.70. The van der Waals surface area contributed by atoms with Crippen LogP contribution in [-0.2, 0) is 0 Å². The van der Waals surface area contributed by atoms with Crippen molar-refractivity contribution in [2.24, 2.45) is 11.5 Å². The lowest BCUT2D eigenvalue weighted by molar-refractivity contribution is 1.02. The molecule has 9 rings (SSSR count). The number of rotatable bonds is 8. The van der Waals surface area contributed by atoms with E-state index < -0.39 is 0 Å². The van der Waals surface area contributed by atoms with E-state index in [1.165, 1.54) is 66.2 Å². The number of allylic oxidation sites excluding steroid dienone is 1. The van der Waals surface area contributed by atoms with Gasteiger partial charge in [-0.1, -0.05) is 214 Å². The molecule has 0 saturated heterocycles. The quantitative estimate of drug-likeness (QED) is 0.134. The third-order valence-corrected chi connectivity index (χ3v) is 11.5. The van der Waals surface area contributed by atoms with Crippen LogP contribution < -0.4 is 11.5 Å². The minimum absolute atomic E-state index is 0.0912. The molecule has 0 saturated carbocycles. The molecule has 0 radical (unpaired) electrons. The molecule has 0 bridgehead atoms. The smallest absolute Gasteiger partial charge is 0.0684 e. The van der Waals surface area contributed by atoms with Gasteiger partial charge in [0, 0.05) is 37.4 Å². The predicted molar refractivity (Wildman–Crippen MR) is 262 cm³/mol. The van der Waals surface area contributed by atoms with Gasteiger partial charge in [-0.15, -0.1) is 11.3 Å². The molecule has 0 fully saturated rings. The molecule has 9 aromatic rings. The van der Waals surface area contributed by atoms with Crippen molar-refractivity contribution in [3.63, 3.8) is 0 Å². The van der Waals surface area contributed by atoms with Gasteiger partial charge in [0.25, 0.3) is 0 Å². The van der Waals surface area contributed by atoms with Crippen molar-refractivity contribution in [3.05, 3.63) is 246 Å². The molecule has 0 aliphatic rings. The first kappa shape index (κ1) is 42.7. The minimum Gasteiger partial charge on any atom is -0.398 e. The topological polar surface area (TPSA) is 75.9 Å². The Morgan fingerprint density at radius 2 is 0.917 bits per heavy atom. The standard InChI is InChI=1S/C40H31NS.C13H11N.C2H6.CH5N/c1-27-16-25-35-34-14-8-9-15-38(34)42-40(35)39(27)33-23-19-29(20-24-33)28-17-21-32(22-18-28)37(41)26-36(30-10-4-2-5-11-30)31-12-6-3-7-13-31;14-13(11-7-3-1-4-8-11)12-9-5-2-6-10-12;2*1-2/h2-26,36H,41H2,1H3;1-10,14H;1-2H3;2H2,1H3/b37-26-;;;. The van der Waals surface area contributed by atoms with E-state index in [1.54, 1.807) is 0 Å². The van der Waals surface area contributed by atoms with Crippen LogP contribution in [0.25, 0.3) is 48.1 Å². The van der Waals surface area contributed by atoms with Crippen molar-refractivity contribution in [1.29, 1.82) is 5.41 Å². The van der Waals surface area contributed by atoms with E-state index in [0.717, 1.165) is 22.4 Å². The molecule has 8 aromatic carbocycles. The molecular formula is C56H53N3S. The average Bonchev–Trinajstić information content (AvgIpc) is 3.72. The normalized spacial score (nSPS) is 10.8. The first-order valence-electron chi connectivity index (χ1n) is 20.5. The van der Waals surface area contributed by atoms with Gasteiger partial charge in [0.15, 0.2) is 0 Å². The fourth-order valence-electron chi connectivity index (χ4n) is 7.29. The Morgan fingerprint density at radius 3 is 1.43 bits per heavy atom. The van der Waals surface area contributed by atoms with Crippen LogP contribution >= 0.6 is 11.3 Å². The predicted octanol–water partition coefficient (Wildman–Crippen LogP) is 14.5. The van der Waals surface area contributed by atoms with E-state index in [9.17, 15) is 0 Å². The highest BCUT2D eigenvalue weighted by atomic mass is 32.1. The van der Waals surface area contributed by atoms with Crippen LogP contribution in [0.15, 0.2) is 212 Å². The maximum atomic E-state index is 7.97. The zero-order chi connectivity index (χ0) is 42.3. The molecule has 3 nitrogen and oxygen atoms in total. The highest BCUT2D eigenvalue weighted by molar-refractivity contribution is 7.26. The minimum atomic E-state index is 0.0912. The van der Waals surface area contributed by atoms with Crippen LogP contribution in [0.1, 0.15) is 53.1 Å². The van der Waals surface area contributed by atoms with Gasteiger partial charge in [0.05, 0.1) is 5.71 Å². The largest absolute Gasteiger partial charge is 0.398 e. The van der Waals surface area contributed by atoms with E-state index >= 15 is 0 Å². The maximum absolute atomic E-state index is 7.97. The number of thiophene rings is 1. The zero-order valence-corrected chi connectivity index (χ0v) is 35.7. The van der Waals surface area contributed by atoms with Crippen molar-refractivity contribution >= 4 is 42.9 Å². The summed E-state index contributed by atoms with van der Waals surface area (Å²) in [6.07, 6.45) is 2.17. The van der Waals surface area contributed by atoms with Crippen LogP contribution in [0.3, 0.4) is 0 Å². The summed E-state index contributed by atoms with van der Waals surface area (Å²) >= 11 is 1.89. The molecule has 60 heavy (non-hydrogen) atoms. The van der Waals surface area contributed by atoms with Crippen LogP contribution in [-0.4, -0.2) is 12.8 Å². The van der Waals surface area contributed by atoms with E-state index in [1.807, 2.05) is 85.8 Å². The van der Waals surface area contributed by atoms with Gasteiger partial charge in [-0.3, -0.25) is 5.41 Å². The SMILES string of the molecule is CC.CN.Cc1ccc2c(sc3ccccc32)c1-c1ccc(-c2ccc(/C(N)=C/C(c3ccccc3)c3ccccc3)cc2)cc1.N=C(c1ccccc1)c1ccccc1. The molecule has 0 amide bonds. The van der Waals surface area contributed by atoms with E-state index in [2.05, 4.69) is 164 Å². The molecular weight excluding hydrogens is 747 g/mol. The Kier molecular flexibility index (Phi) is 15.1. The van der Waals surface area contributed by atoms with Crippen molar-refractivity contribution in [2.45, 2.75) is 26.7 Å². The molecule has 0 unspecified atom stereocenters. The number of hydrogen-bond donors (Lipinski definition) is 3. The summed E-state index contributed by atoms with van der Waals surface area (Å²) in [6, 6.07) is 71.4. The van der Waals surface area contributed by atoms with Crippen LogP contribution in [0.2, 0.25) is 0 Å². The maximum Gasteiger partial charge on any atom is 0.0684 e. The summed E-state index contributed by atoms with van der Waals surface area (Å²) in [5, 5.41) is 10.6. The second kappa shape index (κ2) is 21.2. The highest BCUT2D eigenvalue weighted by Gasteiger charge is 2.15. The molecule has 1 aromatic heterocycles. The average molecular weight is 800 g/mol. The van der Waals surface area contributed by atoms with Crippen molar-refractivity contribution < 1.29 is 0 Å². The van der Waals surface area contributed by atoms with Gasteiger partial charge in [-0.25, -0.2) is 0 Å². The van der Waals surface area contributed by atoms with E-state index in [0.29, 0.717) is 5.71 Å². The lowest BCUT2D eigenvalue weighted by atomic mass is 9.89.